The molecule has 0 saturated heterocycles. The molecule has 0 aliphatic heterocycles. The van der Waals surface area contributed by atoms with E-state index in [1.807, 2.05) is 0 Å². The monoisotopic (exact) mass is 302 g/mol. The summed E-state index contributed by atoms with van der Waals surface area (Å²) in [5, 5.41) is 3.45. The van der Waals surface area contributed by atoms with E-state index in [9.17, 15) is 4.79 Å². The number of rotatable bonds is 5. The summed E-state index contributed by atoms with van der Waals surface area (Å²) in [6.07, 6.45) is 9.74. The highest BCUT2D eigenvalue weighted by molar-refractivity contribution is 5.31. The van der Waals surface area contributed by atoms with Crippen molar-refractivity contribution in [3.05, 3.63) is 33.2 Å². The molecule has 3 rings (SSSR count). The fraction of sp³-hybridized carbons (Fsp3) is 0.737. The smallest absolute Gasteiger partial charge is 0.255 e. The van der Waals surface area contributed by atoms with Crippen LogP contribution in [0.4, 0.5) is 0 Å². The van der Waals surface area contributed by atoms with Crippen LogP contribution < -0.4 is 10.9 Å². The summed E-state index contributed by atoms with van der Waals surface area (Å²) in [6, 6.07) is 2.65. The third-order valence-corrected chi connectivity index (χ3v) is 5.17. The summed E-state index contributed by atoms with van der Waals surface area (Å²) in [5.74, 6) is 0.620. The second-order valence-electron chi connectivity index (χ2n) is 7.49. The van der Waals surface area contributed by atoms with Crippen LogP contribution in [0.25, 0.3) is 0 Å². The molecule has 0 atom stereocenters. The van der Waals surface area contributed by atoms with E-state index >= 15 is 0 Å². The zero-order valence-electron chi connectivity index (χ0n) is 14.2. The maximum atomic E-state index is 13.0. The van der Waals surface area contributed by atoms with E-state index in [1.165, 1.54) is 49.8 Å². The van der Waals surface area contributed by atoms with Gasteiger partial charge in [0.05, 0.1) is 0 Å². The minimum Gasteiger partial charge on any atom is -0.312 e. The van der Waals surface area contributed by atoms with E-state index in [0.717, 1.165) is 31.5 Å². The van der Waals surface area contributed by atoms with Crippen LogP contribution in [0.3, 0.4) is 0 Å². The average molecular weight is 302 g/mol. The van der Waals surface area contributed by atoms with Gasteiger partial charge < -0.3 is 9.88 Å². The second kappa shape index (κ2) is 6.99. The van der Waals surface area contributed by atoms with Gasteiger partial charge in [-0.25, -0.2) is 0 Å². The van der Waals surface area contributed by atoms with Gasteiger partial charge in [-0.3, -0.25) is 4.79 Å². The van der Waals surface area contributed by atoms with Gasteiger partial charge in [-0.05, 0) is 56.2 Å². The molecule has 0 amide bonds. The topological polar surface area (TPSA) is 34.0 Å². The van der Waals surface area contributed by atoms with E-state index in [2.05, 4.69) is 29.8 Å². The lowest BCUT2D eigenvalue weighted by atomic mass is 9.94. The largest absolute Gasteiger partial charge is 0.312 e. The summed E-state index contributed by atoms with van der Waals surface area (Å²) >= 11 is 0. The molecule has 2 aliphatic rings. The van der Waals surface area contributed by atoms with E-state index in [4.69, 9.17) is 0 Å². The number of nitrogens with zero attached hydrogens (tertiary/aromatic N) is 1. The average Bonchev–Trinajstić information content (AvgIpc) is 2.96. The lowest BCUT2D eigenvalue weighted by Gasteiger charge is -2.27. The molecule has 1 aromatic rings. The number of aryl methyl sites for hydroxylation is 1. The molecule has 1 N–H and O–H groups in total. The summed E-state index contributed by atoms with van der Waals surface area (Å²) in [7, 11) is 0. The van der Waals surface area contributed by atoms with Crippen molar-refractivity contribution < 1.29 is 0 Å². The lowest BCUT2D eigenvalue weighted by molar-refractivity contribution is 0.338. The Balaban J connectivity index is 1.90. The van der Waals surface area contributed by atoms with Crippen LogP contribution in [0.15, 0.2) is 10.9 Å². The summed E-state index contributed by atoms with van der Waals surface area (Å²) in [4.78, 5) is 13.0. The predicted molar refractivity (Wildman–Crippen MR) is 91.4 cm³/mol. The molecule has 0 spiro atoms. The van der Waals surface area contributed by atoms with E-state index < -0.39 is 0 Å². The van der Waals surface area contributed by atoms with Gasteiger partial charge in [0.25, 0.3) is 5.56 Å². The molecule has 22 heavy (non-hydrogen) atoms. The fourth-order valence-electron chi connectivity index (χ4n) is 4.08. The summed E-state index contributed by atoms with van der Waals surface area (Å²) < 4.78 is 2.20. The maximum absolute atomic E-state index is 13.0. The molecule has 1 fully saturated rings. The zero-order chi connectivity index (χ0) is 15.5. The normalized spacial score (nSPS) is 18.9. The molecular weight excluding hydrogens is 272 g/mol. The van der Waals surface area contributed by atoms with Crippen LogP contribution in [0.2, 0.25) is 0 Å². The Bertz CT molecular complexity index is 568. The maximum Gasteiger partial charge on any atom is 0.255 e. The summed E-state index contributed by atoms with van der Waals surface area (Å²) in [5.41, 5.74) is 4.05. The SMILES string of the molecule is CC(C)CNCc1cc2c(n(C3CCCCC3)c1=O)CCC2. The van der Waals surface area contributed by atoms with E-state index in [-0.39, 0.29) is 5.56 Å². The van der Waals surface area contributed by atoms with Gasteiger partial charge in [0.1, 0.15) is 0 Å². The van der Waals surface area contributed by atoms with Gasteiger partial charge in [-0.15, -0.1) is 0 Å². The first kappa shape index (κ1) is 15.8. The van der Waals surface area contributed by atoms with Crippen LogP contribution in [-0.2, 0) is 19.4 Å². The minimum absolute atomic E-state index is 0.281. The third-order valence-electron chi connectivity index (χ3n) is 5.17. The zero-order valence-corrected chi connectivity index (χ0v) is 14.2. The highest BCUT2D eigenvalue weighted by atomic mass is 16.1. The Morgan fingerprint density at radius 3 is 2.68 bits per heavy atom. The molecule has 0 radical (unpaired) electrons. The molecule has 0 aromatic carbocycles. The van der Waals surface area contributed by atoms with Crippen LogP contribution in [0, 0.1) is 5.92 Å². The number of pyridine rings is 1. The van der Waals surface area contributed by atoms with Crippen molar-refractivity contribution in [1.29, 1.82) is 0 Å². The van der Waals surface area contributed by atoms with Crippen molar-refractivity contribution in [2.24, 2.45) is 5.92 Å². The van der Waals surface area contributed by atoms with Gasteiger partial charge in [0.15, 0.2) is 0 Å². The quantitative estimate of drug-likeness (QED) is 0.902. The molecule has 1 aromatic heterocycles. The van der Waals surface area contributed by atoms with Crippen LogP contribution in [0.1, 0.15) is 75.2 Å². The van der Waals surface area contributed by atoms with Crippen molar-refractivity contribution in [2.75, 3.05) is 6.54 Å². The molecule has 0 bridgehead atoms. The minimum atomic E-state index is 0.281. The summed E-state index contributed by atoms with van der Waals surface area (Å²) in [6.45, 7) is 6.10. The number of hydrogen-bond acceptors (Lipinski definition) is 2. The lowest BCUT2D eigenvalue weighted by Crippen LogP contribution is -2.33. The molecule has 2 aliphatic carbocycles. The highest BCUT2D eigenvalue weighted by Gasteiger charge is 2.24. The van der Waals surface area contributed by atoms with Crippen molar-refractivity contribution in [1.82, 2.24) is 9.88 Å². The van der Waals surface area contributed by atoms with Crippen LogP contribution >= 0.6 is 0 Å². The Morgan fingerprint density at radius 2 is 1.95 bits per heavy atom. The molecule has 122 valence electrons. The second-order valence-corrected chi connectivity index (χ2v) is 7.49. The van der Waals surface area contributed by atoms with Crippen LogP contribution in [-0.4, -0.2) is 11.1 Å². The molecule has 1 saturated carbocycles. The Kier molecular flexibility index (Phi) is 5.02. The first-order valence-electron chi connectivity index (χ1n) is 9.13. The highest BCUT2D eigenvalue weighted by Crippen LogP contribution is 2.31. The first-order chi connectivity index (χ1) is 10.7. The van der Waals surface area contributed by atoms with Gasteiger partial charge >= 0.3 is 0 Å². The van der Waals surface area contributed by atoms with Crippen molar-refractivity contribution in [2.45, 2.75) is 77.8 Å². The molecule has 0 unspecified atom stereocenters. The number of hydrogen-bond donors (Lipinski definition) is 1. The number of fused-ring (bicyclic) bond motifs is 1. The van der Waals surface area contributed by atoms with E-state index in [0.29, 0.717) is 12.0 Å². The van der Waals surface area contributed by atoms with Crippen molar-refractivity contribution in [3.63, 3.8) is 0 Å². The third kappa shape index (κ3) is 3.29. The fourth-order valence-corrected chi connectivity index (χ4v) is 4.08. The van der Waals surface area contributed by atoms with Crippen molar-refractivity contribution >= 4 is 0 Å². The first-order valence-corrected chi connectivity index (χ1v) is 9.13. The van der Waals surface area contributed by atoms with Gasteiger partial charge in [-0.1, -0.05) is 33.1 Å². The molecule has 1 heterocycles. The van der Waals surface area contributed by atoms with E-state index in [1.54, 1.807) is 0 Å². The Labute approximate surface area is 134 Å². The van der Waals surface area contributed by atoms with Crippen molar-refractivity contribution in [3.8, 4) is 0 Å². The Morgan fingerprint density at radius 1 is 1.18 bits per heavy atom. The Hall–Kier alpha value is -1.09. The number of nitrogens with one attached hydrogen (secondary N) is 1. The number of aromatic nitrogens is 1. The standard InChI is InChI=1S/C19H30N2O/c1-14(2)12-20-13-16-11-15-7-6-10-18(15)21(19(16)22)17-8-4-3-5-9-17/h11,14,17,20H,3-10,12-13H2,1-2H3. The molecule has 3 nitrogen and oxygen atoms in total. The van der Waals surface area contributed by atoms with Crippen LogP contribution in [0.5, 0.6) is 0 Å². The van der Waals surface area contributed by atoms with Gasteiger partial charge in [0.2, 0.25) is 0 Å². The van der Waals surface area contributed by atoms with Gasteiger partial charge in [0, 0.05) is 23.8 Å². The van der Waals surface area contributed by atoms with Gasteiger partial charge in [-0.2, -0.15) is 0 Å². The molecule has 3 heteroatoms. The molecular formula is C19H30N2O. The predicted octanol–water partition coefficient (Wildman–Crippen LogP) is 3.59.